The van der Waals surface area contributed by atoms with Gasteiger partial charge in [-0.1, -0.05) is 12.1 Å². The zero-order valence-corrected chi connectivity index (χ0v) is 14.8. The number of carboxylic acids is 1. The SMILES string of the molecule is CC(c1nc2ccccc2s1)N(C)C(=O)C1CCC(C(=O)O)CC1. The van der Waals surface area contributed by atoms with E-state index in [-0.39, 0.29) is 23.8 Å². The normalized spacial score (nSPS) is 22.2. The second-order valence-corrected chi connectivity index (χ2v) is 7.59. The summed E-state index contributed by atoms with van der Waals surface area (Å²) in [6.45, 7) is 2.00. The highest BCUT2D eigenvalue weighted by Crippen LogP contribution is 2.33. The van der Waals surface area contributed by atoms with Crippen molar-refractivity contribution in [3.8, 4) is 0 Å². The molecule has 5 nitrogen and oxygen atoms in total. The fraction of sp³-hybridized carbons (Fsp3) is 0.500. The maximum absolute atomic E-state index is 12.8. The Hall–Kier alpha value is -1.95. The van der Waals surface area contributed by atoms with E-state index in [0.717, 1.165) is 15.2 Å². The van der Waals surface area contributed by atoms with Gasteiger partial charge in [-0.05, 0) is 44.7 Å². The molecule has 3 rings (SSSR count). The first-order valence-electron chi connectivity index (χ1n) is 8.32. The molecule has 24 heavy (non-hydrogen) atoms. The maximum Gasteiger partial charge on any atom is 0.306 e. The first-order chi connectivity index (χ1) is 11.5. The lowest BCUT2D eigenvalue weighted by Gasteiger charge is -2.31. The van der Waals surface area contributed by atoms with Crippen molar-refractivity contribution in [2.24, 2.45) is 11.8 Å². The summed E-state index contributed by atoms with van der Waals surface area (Å²) < 4.78 is 1.13. The highest BCUT2D eigenvalue weighted by molar-refractivity contribution is 7.18. The number of carbonyl (C=O) groups is 2. The second kappa shape index (κ2) is 6.89. The van der Waals surface area contributed by atoms with Crippen LogP contribution in [0.1, 0.15) is 43.7 Å². The molecule has 1 saturated carbocycles. The minimum absolute atomic E-state index is 0.0672. The van der Waals surface area contributed by atoms with E-state index in [4.69, 9.17) is 5.11 Å². The number of carboxylic acid groups (broad SMARTS) is 1. The van der Waals surface area contributed by atoms with Gasteiger partial charge in [0.25, 0.3) is 0 Å². The first-order valence-corrected chi connectivity index (χ1v) is 9.14. The summed E-state index contributed by atoms with van der Waals surface area (Å²) in [5.74, 6) is -0.994. The van der Waals surface area contributed by atoms with Gasteiger partial charge in [-0.2, -0.15) is 0 Å². The molecule has 1 aromatic carbocycles. The number of nitrogens with zero attached hydrogens (tertiary/aromatic N) is 2. The number of benzene rings is 1. The lowest BCUT2D eigenvalue weighted by molar-refractivity contribution is -0.145. The summed E-state index contributed by atoms with van der Waals surface area (Å²) in [5.41, 5.74) is 0.965. The number of rotatable bonds is 4. The number of para-hydroxylation sites is 1. The number of amides is 1. The van der Waals surface area contributed by atoms with Crippen molar-refractivity contribution in [1.29, 1.82) is 0 Å². The fourth-order valence-corrected chi connectivity index (χ4v) is 4.36. The van der Waals surface area contributed by atoms with Crippen molar-refractivity contribution < 1.29 is 14.7 Å². The highest BCUT2D eigenvalue weighted by Gasteiger charge is 2.33. The predicted octanol–water partition coefficient (Wildman–Crippen LogP) is 3.71. The van der Waals surface area contributed by atoms with Gasteiger partial charge in [0, 0.05) is 13.0 Å². The Morgan fingerprint density at radius 1 is 1.21 bits per heavy atom. The van der Waals surface area contributed by atoms with Gasteiger partial charge in [0.1, 0.15) is 5.01 Å². The third-order valence-corrected chi connectivity index (χ3v) is 6.23. The quantitative estimate of drug-likeness (QED) is 0.916. The van der Waals surface area contributed by atoms with Gasteiger partial charge >= 0.3 is 5.97 Å². The lowest BCUT2D eigenvalue weighted by atomic mass is 9.81. The molecule has 0 saturated heterocycles. The van der Waals surface area contributed by atoms with Crippen molar-refractivity contribution in [3.63, 3.8) is 0 Å². The van der Waals surface area contributed by atoms with Crippen LogP contribution >= 0.6 is 11.3 Å². The maximum atomic E-state index is 12.8. The summed E-state index contributed by atoms with van der Waals surface area (Å²) in [6, 6.07) is 7.90. The molecule has 1 aliphatic rings. The van der Waals surface area contributed by atoms with Crippen molar-refractivity contribution in [3.05, 3.63) is 29.3 Å². The van der Waals surface area contributed by atoms with Gasteiger partial charge in [0.05, 0.1) is 22.2 Å². The van der Waals surface area contributed by atoms with Crippen LogP contribution in [-0.2, 0) is 9.59 Å². The molecule has 1 fully saturated rings. The second-order valence-electron chi connectivity index (χ2n) is 6.53. The Balaban J connectivity index is 1.67. The van der Waals surface area contributed by atoms with E-state index in [1.807, 2.05) is 38.2 Å². The van der Waals surface area contributed by atoms with Crippen LogP contribution in [0.15, 0.2) is 24.3 Å². The van der Waals surface area contributed by atoms with Crippen LogP contribution in [0.4, 0.5) is 0 Å². The largest absolute Gasteiger partial charge is 0.481 e. The monoisotopic (exact) mass is 346 g/mol. The molecule has 2 aromatic rings. The van der Waals surface area contributed by atoms with E-state index in [1.54, 1.807) is 16.2 Å². The molecular weight excluding hydrogens is 324 g/mol. The number of hydrogen-bond donors (Lipinski definition) is 1. The van der Waals surface area contributed by atoms with E-state index in [0.29, 0.717) is 25.7 Å². The minimum atomic E-state index is -0.739. The Kier molecular flexibility index (Phi) is 4.85. The molecule has 1 unspecified atom stereocenters. The first kappa shape index (κ1) is 16.9. The van der Waals surface area contributed by atoms with Crippen LogP contribution in [0.5, 0.6) is 0 Å². The van der Waals surface area contributed by atoms with E-state index < -0.39 is 5.97 Å². The van der Waals surface area contributed by atoms with Crippen LogP contribution in [0, 0.1) is 11.8 Å². The third kappa shape index (κ3) is 3.29. The van der Waals surface area contributed by atoms with Crippen molar-refractivity contribution >= 4 is 33.4 Å². The summed E-state index contributed by atoms with van der Waals surface area (Å²) in [5, 5.41) is 10.0. The molecule has 1 amide bonds. The number of fused-ring (bicyclic) bond motifs is 1. The third-order valence-electron chi connectivity index (χ3n) is 5.02. The fourth-order valence-electron chi connectivity index (χ4n) is 3.30. The Labute approximate surface area is 145 Å². The molecule has 0 bridgehead atoms. The zero-order valence-electron chi connectivity index (χ0n) is 13.9. The van der Waals surface area contributed by atoms with Crippen molar-refractivity contribution in [2.45, 2.75) is 38.6 Å². The van der Waals surface area contributed by atoms with E-state index in [1.165, 1.54) is 0 Å². The Morgan fingerprint density at radius 3 is 2.46 bits per heavy atom. The average molecular weight is 346 g/mol. The summed E-state index contributed by atoms with van der Waals surface area (Å²) in [6.07, 6.45) is 2.50. The molecular formula is C18H22N2O3S. The smallest absolute Gasteiger partial charge is 0.306 e. The van der Waals surface area contributed by atoms with Gasteiger partial charge in [0.2, 0.25) is 5.91 Å². The number of aromatic nitrogens is 1. The van der Waals surface area contributed by atoms with Crippen LogP contribution in [0.2, 0.25) is 0 Å². The molecule has 1 heterocycles. The van der Waals surface area contributed by atoms with E-state index in [9.17, 15) is 9.59 Å². The Bertz CT molecular complexity index is 717. The molecule has 0 spiro atoms. The molecule has 0 radical (unpaired) electrons. The van der Waals surface area contributed by atoms with Gasteiger partial charge in [-0.3, -0.25) is 9.59 Å². The molecule has 1 atom stereocenters. The van der Waals surface area contributed by atoms with Crippen LogP contribution in [0.25, 0.3) is 10.2 Å². The number of thiazole rings is 1. The number of hydrogen-bond acceptors (Lipinski definition) is 4. The highest BCUT2D eigenvalue weighted by atomic mass is 32.1. The van der Waals surface area contributed by atoms with Gasteiger partial charge in [-0.15, -0.1) is 11.3 Å². The minimum Gasteiger partial charge on any atom is -0.481 e. The average Bonchev–Trinajstić information content (AvgIpc) is 3.04. The standard InChI is InChI=1S/C18H22N2O3S/c1-11(16-19-14-5-3-4-6-15(14)24-16)20(2)17(21)12-7-9-13(10-8-12)18(22)23/h3-6,11-13H,7-10H2,1-2H3,(H,22,23). The zero-order chi connectivity index (χ0) is 17.3. The predicted molar refractivity (Wildman–Crippen MR) is 93.9 cm³/mol. The number of aliphatic carboxylic acids is 1. The topological polar surface area (TPSA) is 70.5 Å². The van der Waals surface area contributed by atoms with Gasteiger partial charge < -0.3 is 10.0 Å². The van der Waals surface area contributed by atoms with E-state index >= 15 is 0 Å². The molecule has 1 aromatic heterocycles. The molecule has 128 valence electrons. The number of carbonyl (C=O) groups excluding carboxylic acids is 1. The van der Waals surface area contributed by atoms with Crippen LogP contribution in [-0.4, -0.2) is 33.9 Å². The van der Waals surface area contributed by atoms with Crippen molar-refractivity contribution in [2.75, 3.05) is 7.05 Å². The summed E-state index contributed by atoms with van der Waals surface area (Å²) in [4.78, 5) is 30.2. The van der Waals surface area contributed by atoms with Gasteiger partial charge in [0.15, 0.2) is 0 Å². The van der Waals surface area contributed by atoms with Gasteiger partial charge in [-0.25, -0.2) is 4.98 Å². The van der Waals surface area contributed by atoms with Crippen LogP contribution < -0.4 is 0 Å². The van der Waals surface area contributed by atoms with Crippen molar-refractivity contribution in [1.82, 2.24) is 9.88 Å². The molecule has 6 heteroatoms. The summed E-state index contributed by atoms with van der Waals surface area (Å²) in [7, 11) is 1.82. The van der Waals surface area contributed by atoms with Crippen LogP contribution in [0.3, 0.4) is 0 Å². The molecule has 0 aliphatic heterocycles. The lowest BCUT2D eigenvalue weighted by Crippen LogP contribution is -2.37. The Morgan fingerprint density at radius 2 is 1.83 bits per heavy atom. The van der Waals surface area contributed by atoms with E-state index in [2.05, 4.69) is 4.98 Å². The molecule has 1 N–H and O–H groups in total. The molecule has 1 aliphatic carbocycles. The summed E-state index contributed by atoms with van der Waals surface area (Å²) >= 11 is 1.62.